The second-order valence-corrected chi connectivity index (χ2v) is 9.26. The highest BCUT2D eigenvalue weighted by atomic mass is 32.1. The van der Waals surface area contributed by atoms with Gasteiger partial charge in [-0.3, -0.25) is 9.69 Å². The summed E-state index contributed by atoms with van der Waals surface area (Å²) in [4.78, 5) is 33.5. The van der Waals surface area contributed by atoms with E-state index in [9.17, 15) is 9.59 Å². The first-order chi connectivity index (χ1) is 15.5. The Morgan fingerprint density at radius 1 is 1.28 bits per heavy atom. The number of amides is 3. The topological polar surface area (TPSA) is 95.6 Å². The van der Waals surface area contributed by atoms with Crippen LogP contribution in [0.3, 0.4) is 0 Å². The molecule has 166 valence electrons. The Bertz CT molecular complexity index is 1170. The molecule has 2 aliphatic rings. The molecule has 4 heterocycles. The number of carbonyl (C=O) groups excluding carboxylic acids is 2. The van der Waals surface area contributed by atoms with E-state index in [-0.39, 0.29) is 24.1 Å². The Balaban J connectivity index is 1.50. The minimum Gasteiger partial charge on any atom is -0.491 e. The molecule has 0 spiro atoms. The van der Waals surface area contributed by atoms with Crippen LogP contribution in [0.5, 0.6) is 5.75 Å². The van der Waals surface area contributed by atoms with Crippen LogP contribution in [0, 0.1) is 0 Å². The standard InChI is InChI=1S/C23H25N5O3S/c1-13(2)31-16-7-5-15(6-8-16)28-17-9-11-25-22-18(17)19(27-23(28)30)20(32-22)21(29)26-14-4-3-10-24-12-14/h5-9,11,13-14,24H,3-4,10,12H2,1-2H3,(H,26,29)(H,27,30). The molecule has 0 radical (unpaired) electrons. The lowest BCUT2D eigenvalue weighted by atomic mass is 10.1. The second-order valence-electron chi connectivity index (χ2n) is 8.26. The van der Waals surface area contributed by atoms with E-state index < -0.39 is 0 Å². The molecule has 2 aliphatic heterocycles. The molecule has 0 aliphatic carbocycles. The van der Waals surface area contributed by atoms with E-state index in [1.54, 1.807) is 11.1 Å². The van der Waals surface area contributed by atoms with E-state index in [1.165, 1.54) is 11.3 Å². The third kappa shape index (κ3) is 3.78. The van der Waals surface area contributed by atoms with E-state index in [1.807, 2.05) is 44.2 Å². The van der Waals surface area contributed by atoms with Crippen LogP contribution in [0.15, 0.2) is 36.5 Å². The minimum absolute atomic E-state index is 0.0706. The summed E-state index contributed by atoms with van der Waals surface area (Å²) in [5.41, 5.74) is 1.96. The Hall–Kier alpha value is -3.17. The number of nitrogens with zero attached hydrogens (tertiary/aromatic N) is 2. The SMILES string of the molecule is CC(C)Oc1ccc(N2C(=O)Nc3c(C(=O)NC4CCCNC4)sc4nccc2c34)cc1. The van der Waals surface area contributed by atoms with E-state index in [2.05, 4.69) is 20.9 Å². The van der Waals surface area contributed by atoms with E-state index in [0.717, 1.165) is 37.1 Å². The van der Waals surface area contributed by atoms with E-state index >= 15 is 0 Å². The number of ether oxygens (including phenoxy) is 1. The second kappa shape index (κ2) is 8.40. The van der Waals surface area contributed by atoms with Crippen molar-refractivity contribution in [2.45, 2.75) is 38.8 Å². The molecule has 9 heteroatoms. The van der Waals surface area contributed by atoms with Gasteiger partial charge in [0.25, 0.3) is 5.91 Å². The molecule has 3 N–H and O–H groups in total. The molecule has 1 aromatic carbocycles. The average molecular weight is 452 g/mol. The quantitative estimate of drug-likeness (QED) is 0.539. The number of hydrogen-bond donors (Lipinski definition) is 3. The Labute approximate surface area is 190 Å². The summed E-state index contributed by atoms with van der Waals surface area (Å²) in [7, 11) is 0. The molecule has 3 amide bonds. The lowest BCUT2D eigenvalue weighted by Crippen LogP contribution is -2.45. The van der Waals surface area contributed by atoms with Gasteiger partial charge in [0.1, 0.15) is 15.5 Å². The van der Waals surface area contributed by atoms with Crippen molar-refractivity contribution in [1.82, 2.24) is 15.6 Å². The average Bonchev–Trinajstić information content (AvgIpc) is 3.15. The minimum atomic E-state index is -0.311. The van der Waals surface area contributed by atoms with Gasteiger partial charge >= 0.3 is 6.03 Å². The molecule has 5 rings (SSSR count). The van der Waals surface area contributed by atoms with Crippen molar-refractivity contribution in [3.63, 3.8) is 0 Å². The fraction of sp³-hybridized carbons (Fsp3) is 0.348. The molecule has 1 atom stereocenters. The predicted octanol–water partition coefficient (Wildman–Crippen LogP) is 4.25. The first-order valence-electron chi connectivity index (χ1n) is 10.8. The van der Waals surface area contributed by atoms with Crippen molar-refractivity contribution in [1.29, 1.82) is 0 Å². The number of aromatic nitrogens is 1. The monoisotopic (exact) mass is 451 g/mol. The Morgan fingerprint density at radius 3 is 2.81 bits per heavy atom. The molecule has 8 nitrogen and oxygen atoms in total. The molecule has 3 aromatic rings. The molecule has 2 aromatic heterocycles. The van der Waals surface area contributed by atoms with Crippen LogP contribution in [0.4, 0.5) is 21.9 Å². The number of rotatable bonds is 5. The molecule has 0 bridgehead atoms. The molecular formula is C23H25N5O3S. The molecule has 1 unspecified atom stereocenters. The molecule has 1 fully saturated rings. The van der Waals surface area contributed by atoms with Gasteiger partial charge < -0.3 is 20.7 Å². The van der Waals surface area contributed by atoms with E-state index in [4.69, 9.17) is 4.74 Å². The number of piperidine rings is 1. The highest BCUT2D eigenvalue weighted by Gasteiger charge is 2.33. The van der Waals surface area contributed by atoms with Crippen molar-refractivity contribution in [3.8, 4) is 5.75 Å². The fourth-order valence-electron chi connectivity index (χ4n) is 4.17. The lowest BCUT2D eigenvalue weighted by molar-refractivity contribution is 0.0935. The number of thiophene rings is 1. The van der Waals surface area contributed by atoms with Gasteiger partial charge in [-0.25, -0.2) is 9.78 Å². The van der Waals surface area contributed by atoms with Gasteiger partial charge in [-0.2, -0.15) is 0 Å². The maximum absolute atomic E-state index is 13.1. The molecule has 0 saturated carbocycles. The fourth-order valence-corrected chi connectivity index (χ4v) is 5.19. The number of urea groups is 1. The van der Waals surface area contributed by atoms with Crippen LogP contribution in [-0.2, 0) is 0 Å². The summed E-state index contributed by atoms with van der Waals surface area (Å²) < 4.78 is 5.71. The Morgan fingerprint density at radius 2 is 2.09 bits per heavy atom. The van der Waals surface area contributed by atoms with Crippen molar-refractivity contribution in [2.24, 2.45) is 0 Å². The van der Waals surface area contributed by atoms with Crippen LogP contribution in [0.25, 0.3) is 10.2 Å². The number of carbonyl (C=O) groups is 2. The number of anilines is 3. The van der Waals surface area contributed by atoms with Crippen LogP contribution in [0.2, 0.25) is 0 Å². The van der Waals surface area contributed by atoms with Gasteiger partial charge in [0, 0.05) is 18.8 Å². The maximum Gasteiger partial charge on any atom is 0.331 e. The van der Waals surface area contributed by atoms with E-state index in [0.29, 0.717) is 26.8 Å². The number of hydrogen-bond acceptors (Lipinski definition) is 6. The van der Waals surface area contributed by atoms with Gasteiger partial charge in [0.15, 0.2) is 0 Å². The number of nitrogens with one attached hydrogen (secondary N) is 3. The van der Waals surface area contributed by atoms with Crippen LogP contribution < -0.4 is 25.6 Å². The third-order valence-electron chi connectivity index (χ3n) is 5.55. The summed E-state index contributed by atoms with van der Waals surface area (Å²) in [6.45, 7) is 5.67. The molecule has 1 saturated heterocycles. The van der Waals surface area contributed by atoms with Gasteiger partial charge in [-0.15, -0.1) is 11.3 Å². The lowest BCUT2D eigenvalue weighted by Gasteiger charge is -2.28. The smallest absolute Gasteiger partial charge is 0.331 e. The van der Waals surface area contributed by atoms with Gasteiger partial charge in [-0.05, 0) is 63.6 Å². The van der Waals surface area contributed by atoms with Crippen LogP contribution in [0.1, 0.15) is 36.4 Å². The maximum atomic E-state index is 13.1. The van der Waals surface area contributed by atoms with Gasteiger partial charge in [0.2, 0.25) is 0 Å². The first kappa shape index (κ1) is 20.7. The molecule has 32 heavy (non-hydrogen) atoms. The summed E-state index contributed by atoms with van der Waals surface area (Å²) in [5, 5.41) is 10.1. The highest BCUT2D eigenvalue weighted by molar-refractivity contribution is 7.21. The summed E-state index contributed by atoms with van der Waals surface area (Å²) in [6.07, 6.45) is 3.72. The summed E-state index contributed by atoms with van der Waals surface area (Å²) in [5.74, 6) is 0.569. The van der Waals surface area contributed by atoms with Gasteiger partial charge in [0.05, 0.1) is 28.6 Å². The van der Waals surface area contributed by atoms with Crippen molar-refractivity contribution in [2.75, 3.05) is 23.3 Å². The van der Waals surface area contributed by atoms with Crippen molar-refractivity contribution < 1.29 is 14.3 Å². The zero-order valence-corrected chi connectivity index (χ0v) is 18.8. The van der Waals surface area contributed by atoms with Crippen molar-refractivity contribution in [3.05, 3.63) is 41.4 Å². The summed E-state index contributed by atoms with van der Waals surface area (Å²) in [6, 6.07) is 8.98. The predicted molar refractivity (Wildman–Crippen MR) is 126 cm³/mol. The normalized spacial score (nSPS) is 18.0. The third-order valence-corrected chi connectivity index (χ3v) is 6.65. The largest absolute Gasteiger partial charge is 0.491 e. The Kier molecular flexibility index (Phi) is 5.44. The van der Waals surface area contributed by atoms with Crippen molar-refractivity contribution >= 4 is 50.6 Å². The number of pyridine rings is 1. The summed E-state index contributed by atoms with van der Waals surface area (Å²) >= 11 is 1.30. The zero-order valence-electron chi connectivity index (χ0n) is 18.0. The molecular weight excluding hydrogens is 426 g/mol. The van der Waals surface area contributed by atoms with Crippen LogP contribution >= 0.6 is 11.3 Å². The van der Waals surface area contributed by atoms with Gasteiger partial charge in [-0.1, -0.05) is 0 Å². The first-order valence-corrected chi connectivity index (χ1v) is 11.6. The highest BCUT2D eigenvalue weighted by Crippen LogP contribution is 2.45. The van der Waals surface area contributed by atoms with Crippen LogP contribution in [-0.4, -0.2) is 42.2 Å². The zero-order chi connectivity index (χ0) is 22.2. The number of benzene rings is 1.